The molecule has 2 heterocycles. The number of morpholine rings is 1. The molecule has 1 saturated heterocycles. The van der Waals surface area contributed by atoms with Crippen molar-refractivity contribution in [1.82, 2.24) is 15.0 Å². The zero-order chi connectivity index (χ0) is 21.6. The predicted molar refractivity (Wildman–Crippen MR) is 124 cm³/mol. The molecule has 4 rings (SSSR count). The molecule has 0 bridgehead atoms. The van der Waals surface area contributed by atoms with Crippen molar-refractivity contribution in [1.29, 1.82) is 0 Å². The van der Waals surface area contributed by atoms with Crippen LogP contribution < -0.4 is 15.6 Å². The molecule has 0 aliphatic carbocycles. The fraction of sp³-hybridized carbons (Fsp3) is 0.304. The highest BCUT2D eigenvalue weighted by Crippen LogP contribution is 2.19. The zero-order valence-corrected chi connectivity index (χ0v) is 18.1. The van der Waals surface area contributed by atoms with Crippen molar-refractivity contribution in [3.8, 4) is 0 Å². The lowest BCUT2D eigenvalue weighted by molar-refractivity contribution is 0.122. The molecule has 0 spiro atoms. The summed E-state index contributed by atoms with van der Waals surface area (Å²) in [5.41, 5.74) is 8.57. The number of nitrogens with one attached hydrogen (secondary N) is 2. The topological polar surface area (TPSA) is 87.6 Å². The minimum atomic E-state index is 0.383. The lowest BCUT2D eigenvalue weighted by Gasteiger charge is -2.27. The Morgan fingerprint density at radius 1 is 0.935 bits per heavy atom. The van der Waals surface area contributed by atoms with E-state index in [0.29, 0.717) is 31.1 Å². The smallest absolute Gasteiger partial charge is 0.250 e. The van der Waals surface area contributed by atoms with E-state index in [0.717, 1.165) is 24.3 Å². The molecule has 0 radical (unpaired) electrons. The third-order valence-corrected chi connectivity index (χ3v) is 5.04. The number of aromatic nitrogens is 3. The molecule has 1 aliphatic rings. The average molecular weight is 418 g/mol. The zero-order valence-electron chi connectivity index (χ0n) is 18.1. The molecule has 1 aliphatic heterocycles. The quantitative estimate of drug-likeness (QED) is 0.466. The number of rotatable bonds is 6. The van der Waals surface area contributed by atoms with Crippen LogP contribution in [0.2, 0.25) is 0 Å². The molecule has 1 fully saturated rings. The summed E-state index contributed by atoms with van der Waals surface area (Å²) in [5, 5.41) is 7.64. The van der Waals surface area contributed by atoms with Gasteiger partial charge in [0.2, 0.25) is 17.8 Å². The molecule has 2 N–H and O–H groups in total. The van der Waals surface area contributed by atoms with E-state index in [9.17, 15) is 0 Å². The fourth-order valence-corrected chi connectivity index (χ4v) is 3.58. The van der Waals surface area contributed by atoms with E-state index < -0.39 is 0 Å². The number of aryl methyl sites for hydroxylation is 3. The highest BCUT2D eigenvalue weighted by atomic mass is 16.5. The van der Waals surface area contributed by atoms with Crippen LogP contribution in [0, 0.1) is 20.8 Å². The number of hydrogen-bond acceptors (Lipinski definition) is 8. The van der Waals surface area contributed by atoms with Gasteiger partial charge in [-0.2, -0.15) is 20.1 Å². The minimum absolute atomic E-state index is 0.383. The fourth-order valence-electron chi connectivity index (χ4n) is 3.58. The van der Waals surface area contributed by atoms with Gasteiger partial charge in [-0.1, -0.05) is 35.9 Å². The number of benzene rings is 2. The Hall–Kier alpha value is -3.52. The Labute approximate surface area is 182 Å². The maximum Gasteiger partial charge on any atom is 0.250 e. The van der Waals surface area contributed by atoms with Gasteiger partial charge >= 0.3 is 0 Å². The van der Waals surface area contributed by atoms with Crippen LogP contribution >= 0.6 is 0 Å². The highest BCUT2D eigenvalue weighted by molar-refractivity contribution is 5.84. The van der Waals surface area contributed by atoms with Crippen molar-refractivity contribution in [2.24, 2.45) is 5.10 Å². The molecule has 0 unspecified atom stereocenters. The number of nitrogens with zero attached hydrogens (tertiary/aromatic N) is 5. The van der Waals surface area contributed by atoms with Gasteiger partial charge in [0.05, 0.1) is 19.4 Å². The monoisotopic (exact) mass is 417 g/mol. The lowest BCUT2D eigenvalue weighted by atomic mass is 10.0. The Morgan fingerprint density at radius 3 is 2.32 bits per heavy atom. The number of para-hydroxylation sites is 1. The standard InChI is InChI=1S/C23H27N7O/c1-16-13-17(2)20(18(3)14-16)15-24-29-22-26-21(25-19-7-5-4-6-8-19)27-23(28-22)30-9-11-31-12-10-30/h4-8,13-15H,9-12H2,1-3H3,(H2,25,26,27,28,29). The summed E-state index contributed by atoms with van der Waals surface area (Å²) in [7, 11) is 0. The van der Waals surface area contributed by atoms with Crippen LogP contribution in [-0.4, -0.2) is 47.5 Å². The second kappa shape index (κ2) is 9.53. The largest absolute Gasteiger partial charge is 0.378 e. The first kappa shape index (κ1) is 20.7. The van der Waals surface area contributed by atoms with Crippen molar-refractivity contribution in [3.63, 3.8) is 0 Å². The van der Waals surface area contributed by atoms with Crippen molar-refractivity contribution >= 4 is 29.7 Å². The summed E-state index contributed by atoms with van der Waals surface area (Å²) in [6, 6.07) is 14.1. The van der Waals surface area contributed by atoms with Crippen LogP contribution in [0.4, 0.5) is 23.5 Å². The van der Waals surface area contributed by atoms with E-state index >= 15 is 0 Å². The lowest BCUT2D eigenvalue weighted by Crippen LogP contribution is -2.37. The van der Waals surface area contributed by atoms with Crippen molar-refractivity contribution in [2.45, 2.75) is 20.8 Å². The van der Waals surface area contributed by atoms with Crippen LogP contribution in [0.5, 0.6) is 0 Å². The maximum absolute atomic E-state index is 5.45. The predicted octanol–water partition coefficient (Wildman–Crippen LogP) is 3.82. The summed E-state index contributed by atoms with van der Waals surface area (Å²) in [4.78, 5) is 15.8. The number of anilines is 4. The number of hydrogen-bond donors (Lipinski definition) is 2. The van der Waals surface area contributed by atoms with Crippen LogP contribution in [0.3, 0.4) is 0 Å². The molecule has 31 heavy (non-hydrogen) atoms. The molecule has 8 heteroatoms. The van der Waals surface area contributed by atoms with E-state index in [2.05, 4.69) is 68.6 Å². The van der Waals surface area contributed by atoms with Crippen molar-refractivity contribution in [3.05, 3.63) is 64.7 Å². The van der Waals surface area contributed by atoms with Gasteiger partial charge in [-0.3, -0.25) is 0 Å². The first-order valence-corrected chi connectivity index (χ1v) is 10.4. The van der Waals surface area contributed by atoms with Gasteiger partial charge in [0, 0.05) is 24.3 Å². The maximum atomic E-state index is 5.45. The summed E-state index contributed by atoms with van der Waals surface area (Å²) in [6.45, 7) is 9.04. The van der Waals surface area contributed by atoms with E-state index in [1.807, 2.05) is 36.5 Å². The SMILES string of the molecule is Cc1cc(C)c(C=NNc2nc(Nc3ccccc3)nc(N3CCOCC3)n2)c(C)c1. The van der Waals surface area contributed by atoms with Crippen LogP contribution in [0.15, 0.2) is 47.6 Å². The van der Waals surface area contributed by atoms with Gasteiger partial charge in [-0.25, -0.2) is 5.43 Å². The Bertz CT molecular complexity index is 1040. The summed E-state index contributed by atoms with van der Waals surface area (Å²) < 4.78 is 5.45. The second-order valence-electron chi connectivity index (χ2n) is 7.56. The van der Waals surface area contributed by atoms with E-state index in [4.69, 9.17) is 4.74 Å². The summed E-state index contributed by atoms with van der Waals surface area (Å²) in [5.74, 6) is 1.44. The van der Waals surface area contributed by atoms with E-state index in [1.54, 1.807) is 0 Å². The Balaban J connectivity index is 1.59. The normalized spacial score (nSPS) is 14.1. The van der Waals surface area contributed by atoms with Crippen LogP contribution in [-0.2, 0) is 4.74 Å². The molecule has 160 valence electrons. The third kappa shape index (κ3) is 5.35. The van der Waals surface area contributed by atoms with Gasteiger partial charge in [0.1, 0.15) is 0 Å². The molecule has 8 nitrogen and oxygen atoms in total. The molecule has 1 aromatic heterocycles. The second-order valence-corrected chi connectivity index (χ2v) is 7.56. The molecular weight excluding hydrogens is 390 g/mol. The first-order chi connectivity index (χ1) is 15.1. The van der Waals surface area contributed by atoms with E-state index in [-0.39, 0.29) is 0 Å². The van der Waals surface area contributed by atoms with Crippen LogP contribution in [0.25, 0.3) is 0 Å². The van der Waals surface area contributed by atoms with Gasteiger partial charge < -0.3 is 15.0 Å². The van der Waals surface area contributed by atoms with E-state index in [1.165, 1.54) is 16.7 Å². The van der Waals surface area contributed by atoms with Gasteiger partial charge in [-0.05, 0) is 44.0 Å². The minimum Gasteiger partial charge on any atom is -0.378 e. The number of ether oxygens (including phenoxy) is 1. The van der Waals surface area contributed by atoms with Crippen molar-refractivity contribution < 1.29 is 4.74 Å². The van der Waals surface area contributed by atoms with Crippen LogP contribution in [0.1, 0.15) is 22.3 Å². The first-order valence-electron chi connectivity index (χ1n) is 10.4. The molecule has 2 aromatic carbocycles. The van der Waals surface area contributed by atoms with Gasteiger partial charge in [-0.15, -0.1) is 0 Å². The number of hydrazone groups is 1. The molecule has 0 saturated carbocycles. The summed E-state index contributed by atoms with van der Waals surface area (Å²) >= 11 is 0. The molecular formula is C23H27N7O. The highest BCUT2D eigenvalue weighted by Gasteiger charge is 2.16. The van der Waals surface area contributed by atoms with Gasteiger partial charge in [0.15, 0.2) is 0 Å². The van der Waals surface area contributed by atoms with Gasteiger partial charge in [0.25, 0.3) is 0 Å². The third-order valence-electron chi connectivity index (χ3n) is 5.04. The average Bonchev–Trinajstić information content (AvgIpc) is 2.77. The Morgan fingerprint density at radius 2 is 1.61 bits per heavy atom. The Kier molecular flexibility index (Phi) is 6.37. The molecule has 0 amide bonds. The van der Waals surface area contributed by atoms with Crippen molar-refractivity contribution in [2.75, 3.05) is 41.9 Å². The molecule has 3 aromatic rings. The molecule has 0 atom stereocenters. The summed E-state index contributed by atoms with van der Waals surface area (Å²) in [6.07, 6.45) is 1.81.